The number of tetrazole rings is 1. The van der Waals surface area contributed by atoms with Crippen LogP contribution in [0, 0.1) is 0 Å². The highest BCUT2D eigenvalue weighted by Crippen LogP contribution is 2.30. The van der Waals surface area contributed by atoms with Gasteiger partial charge in [0.1, 0.15) is 0 Å². The fourth-order valence-electron chi connectivity index (χ4n) is 2.48. The van der Waals surface area contributed by atoms with Gasteiger partial charge in [0.2, 0.25) is 0 Å². The highest BCUT2D eigenvalue weighted by Gasteiger charge is 2.15. The van der Waals surface area contributed by atoms with Gasteiger partial charge in [-0.25, -0.2) is 0 Å². The number of fused-ring (bicyclic) bond motifs is 2. The lowest BCUT2D eigenvalue weighted by Crippen LogP contribution is -2.12. The van der Waals surface area contributed by atoms with Gasteiger partial charge in [-0.3, -0.25) is 0 Å². The third-order valence-electron chi connectivity index (χ3n) is 3.56. The van der Waals surface area contributed by atoms with Gasteiger partial charge < -0.3 is 10.2 Å². The molecule has 0 aliphatic carbocycles. The van der Waals surface area contributed by atoms with Crippen LogP contribution in [-0.4, -0.2) is 38.8 Å². The number of likely N-dealkylation sites (N-methyl/N-ethyl adjacent to an activating group) is 1. The smallest absolute Gasteiger partial charge is 0.200 e. The normalized spacial score (nSPS) is 13.8. The molecule has 2 aromatic heterocycles. The molecule has 0 spiro atoms. The second-order valence-corrected chi connectivity index (χ2v) is 4.89. The van der Waals surface area contributed by atoms with E-state index in [0.29, 0.717) is 11.5 Å². The third kappa shape index (κ3) is 1.75. The molecule has 20 heavy (non-hydrogen) atoms. The molecule has 100 valence electrons. The topological polar surface area (TPSA) is 71.2 Å². The first-order valence-corrected chi connectivity index (χ1v) is 6.46. The lowest BCUT2D eigenvalue weighted by Gasteiger charge is -2.13. The maximum absolute atomic E-state index is 4.30. The van der Waals surface area contributed by atoms with Gasteiger partial charge in [0.15, 0.2) is 11.5 Å². The fourth-order valence-corrected chi connectivity index (χ4v) is 2.48. The summed E-state index contributed by atoms with van der Waals surface area (Å²) in [4.78, 5) is 2.26. The molecule has 1 aliphatic rings. The number of nitrogens with one attached hydrogen (secondary N) is 1. The summed E-state index contributed by atoms with van der Waals surface area (Å²) in [6, 6.07) is 10.1. The Morgan fingerprint density at radius 3 is 3.10 bits per heavy atom. The Labute approximate surface area is 115 Å². The molecule has 0 saturated carbocycles. The monoisotopic (exact) mass is 267 g/mol. The van der Waals surface area contributed by atoms with E-state index in [9.17, 15) is 0 Å². The summed E-state index contributed by atoms with van der Waals surface area (Å²) in [5.41, 5.74) is 4.31. The molecule has 0 saturated heterocycles. The number of aromatic nitrogens is 5. The van der Waals surface area contributed by atoms with E-state index in [-0.39, 0.29) is 0 Å². The molecule has 7 heteroatoms. The van der Waals surface area contributed by atoms with Gasteiger partial charge in [-0.15, -0.1) is 14.8 Å². The summed E-state index contributed by atoms with van der Waals surface area (Å²) in [5.74, 6) is 0.713. The summed E-state index contributed by atoms with van der Waals surface area (Å²) in [7, 11) is 2.11. The lowest BCUT2D eigenvalue weighted by atomic mass is 10.1. The van der Waals surface area contributed by atoms with E-state index in [2.05, 4.69) is 56.1 Å². The molecular formula is C13H13N7. The van der Waals surface area contributed by atoms with Crippen LogP contribution in [0.3, 0.4) is 0 Å². The molecule has 1 N–H and O–H groups in total. The van der Waals surface area contributed by atoms with Crippen LogP contribution in [-0.2, 0) is 6.42 Å². The minimum Gasteiger partial charge on any atom is -0.374 e. The average molecular weight is 267 g/mol. The van der Waals surface area contributed by atoms with E-state index < -0.39 is 0 Å². The second kappa shape index (κ2) is 4.16. The minimum atomic E-state index is 0.629. The molecule has 0 unspecified atom stereocenters. The Hall–Kier alpha value is -2.70. The zero-order valence-electron chi connectivity index (χ0n) is 11.0. The standard InChI is InChI=1S/C13H13N7/c1-19-7-6-9-2-3-10(8-11(9)19)14-12-4-5-13-15-17-18-20(13)16-12/h2-5,8H,6-7H2,1H3,(H,14,16). The van der Waals surface area contributed by atoms with E-state index in [4.69, 9.17) is 0 Å². The van der Waals surface area contributed by atoms with Crippen LogP contribution < -0.4 is 10.2 Å². The number of hydrogen-bond donors (Lipinski definition) is 1. The zero-order chi connectivity index (χ0) is 13.5. The number of hydrogen-bond acceptors (Lipinski definition) is 6. The Bertz CT molecular complexity index is 779. The molecule has 3 aromatic rings. The number of benzene rings is 1. The average Bonchev–Trinajstić information content (AvgIpc) is 3.06. The Kier molecular flexibility index (Phi) is 2.32. The lowest BCUT2D eigenvalue weighted by molar-refractivity contribution is 0.736. The molecule has 3 heterocycles. The van der Waals surface area contributed by atoms with Gasteiger partial charge in [-0.2, -0.15) is 0 Å². The molecule has 0 atom stereocenters. The van der Waals surface area contributed by atoms with Gasteiger partial charge >= 0.3 is 0 Å². The minimum absolute atomic E-state index is 0.629. The number of rotatable bonds is 2. The van der Waals surface area contributed by atoms with E-state index in [1.54, 1.807) is 0 Å². The van der Waals surface area contributed by atoms with Crippen molar-refractivity contribution in [1.29, 1.82) is 0 Å². The molecular weight excluding hydrogens is 254 g/mol. The highest BCUT2D eigenvalue weighted by molar-refractivity contribution is 5.68. The van der Waals surface area contributed by atoms with Gasteiger partial charge in [0, 0.05) is 25.0 Å². The molecule has 0 fully saturated rings. The third-order valence-corrected chi connectivity index (χ3v) is 3.56. The maximum atomic E-state index is 4.30. The van der Waals surface area contributed by atoms with E-state index >= 15 is 0 Å². The van der Waals surface area contributed by atoms with Crippen LogP contribution in [0.25, 0.3) is 5.65 Å². The first-order valence-electron chi connectivity index (χ1n) is 6.46. The fraction of sp³-hybridized carbons (Fsp3) is 0.231. The van der Waals surface area contributed by atoms with Gasteiger partial charge in [-0.1, -0.05) is 6.07 Å². The molecule has 0 radical (unpaired) electrons. The van der Waals surface area contributed by atoms with Crippen LogP contribution in [0.4, 0.5) is 17.2 Å². The largest absolute Gasteiger partial charge is 0.374 e. The van der Waals surface area contributed by atoms with Crippen molar-refractivity contribution < 1.29 is 0 Å². The van der Waals surface area contributed by atoms with Crippen molar-refractivity contribution in [3.63, 3.8) is 0 Å². The molecule has 4 rings (SSSR count). The van der Waals surface area contributed by atoms with Crippen molar-refractivity contribution >= 4 is 22.8 Å². The zero-order valence-corrected chi connectivity index (χ0v) is 11.0. The predicted octanol–water partition coefficient (Wildman–Crippen LogP) is 1.26. The summed E-state index contributed by atoms with van der Waals surface area (Å²) in [6.45, 7) is 1.08. The summed E-state index contributed by atoms with van der Waals surface area (Å²) in [5, 5.41) is 18.8. The number of anilines is 3. The molecule has 1 aromatic carbocycles. The van der Waals surface area contributed by atoms with Gasteiger partial charge in [0.05, 0.1) is 0 Å². The Morgan fingerprint density at radius 1 is 1.20 bits per heavy atom. The second-order valence-electron chi connectivity index (χ2n) is 4.89. The van der Waals surface area contributed by atoms with Crippen LogP contribution in [0.15, 0.2) is 30.3 Å². The van der Waals surface area contributed by atoms with E-state index in [1.807, 2.05) is 12.1 Å². The van der Waals surface area contributed by atoms with Crippen molar-refractivity contribution in [2.45, 2.75) is 6.42 Å². The van der Waals surface area contributed by atoms with E-state index in [0.717, 1.165) is 18.7 Å². The van der Waals surface area contributed by atoms with Crippen LogP contribution in [0.2, 0.25) is 0 Å². The quantitative estimate of drug-likeness (QED) is 0.753. The highest BCUT2D eigenvalue weighted by atomic mass is 15.6. The SMILES string of the molecule is CN1CCc2ccc(Nc3ccc4nnnn4n3)cc21. The maximum Gasteiger partial charge on any atom is 0.200 e. The van der Waals surface area contributed by atoms with Crippen molar-refractivity contribution in [1.82, 2.24) is 25.3 Å². The van der Waals surface area contributed by atoms with Gasteiger partial charge in [-0.05, 0) is 46.7 Å². The number of nitrogens with zero attached hydrogens (tertiary/aromatic N) is 6. The van der Waals surface area contributed by atoms with Gasteiger partial charge in [0.25, 0.3) is 0 Å². The molecule has 0 amide bonds. The summed E-state index contributed by atoms with van der Waals surface area (Å²) < 4.78 is 1.40. The molecule has 1 aliphatic heterocycles. The van der Waals surface area contributed by atoms with Crippen molar-refractivity contribution in [2.75, 3.05) is 23.8 Å². The molecule has 7 nitrogen and oxygen atoms in total. The first-order chi connectivity index (χ1) is 9.79. The molecule has 0 bridgehead atoms. The van der Waals surface area contributed by atoms with Crippen LogP contribution in [0.5, 0.6) is 0 Å². The van der Waals surface area contributed by atoms with E-state index in [1.165, 1.54) is 15.9 Å². The summed E-state index contributed by atoms with van der Waals surface area (Å²) in [6.07, 6.45) is 1.11. The first kappa shape index (κ1) is 11.2. The summed E-state index contributed by atoms with van der Waals surface area (Å²) >= 11 is 0. The Balaban J connectivity index is 1.66. The van der Waals surface area contributed by atoms with Crippen molar-refractivity contribution in [3.05, 3.63) is 35.9 Å². The van der Waals surface area contributed by atoms with Crippen molar-refractivity contribution in [2.24, 2.45) is 0 Å². The van der Waals surface area contributed by atoms with Crippen molar-refractivity contribution in [3.8, 4) is 0 Å². The van der Waals surface area contributed by atoms with Crippen LogP contribution in [0.1, 0.15) is 5.56 Å². The van der Waals surface area contributed by atoms with Crippen LogP contribution >= 0.6 is 0 Å². The predicted molar refractivity (Wildman–Crippen MR) is 75.3 cm³/mol. The Morgan fingerprint density at radius 2 is 2.15 bits per heavy atom.